The molecule has 2 fully saturated rings. The first-order valence-electron chi connectivity index (χ1n) is 6.69. The lowest BCUT2D eigenvalue weighted by Gasteiger charge is -2.32. The fourth-order valence-corrected chi connectivity index (χ4v) is 2.50. The van der Waals surface area contributed by atoms with Crippen LogP contribution in [0, 0.1) is 0 Å². The molecule has 6 heteroatoms. The van der Waals surface area contributed by atoms with Gasteiger partial charge in [0.05, 0.1) is 0 Å². The maximum absolute atomic E-state index is 12.4. The number of rotatable bonds is 5. The van der Waals surface area contributed by atoms with Gasteiger partial charge in [-0.2, -0.15) is 13.2 Å². The summed E-state index contributed by atoms with van der Waals surface area (Å²) >= 11 is 0. The van der Waals surface area contributed by atoms with Crippen LogP contribution in [0.25, 0.3) is 0 Å². The molecule has 0 aromatic heterocycles. The van der Waals surface area contributed by atoms with Crippen molar-refractivity contribution in [3.8, 4) is 0 Å². The Morgan fingerprint density at radius 1 is 1.22 bits per heavy atom. The average molecular weight is 266 g/mol. The predicted octanol–water partition coefficient (Wildman–Crippen LogP) is 1.52. The normalized spacial score (nSPS) is 27.5. The summed E-state index contributed by atoms with van der Waals surface area (Å²) in [5, 5.41) is 12.5. The molecule has 0 amide bonds. The number of alkyl halides is 3. The van der Waals surface area contributed by atoms with Crippen LogP contribution in [0.1, 0.15) is 32.1 Å². The zero-order valence-electron chi connectivity index (χ0n) is 10.4. The molecule has 0 radical (unpaired) electrons. The Kier molecular flexibility index (Phi) is 4.50. The lowest BCUT2D eigenvalue weighted by atomic mass is 10.0. The molecule has 2 aliphatic rings. The van der Waals surface area contributed by atoms with Gasteiger partial charge in [-0.05, 0) is 32.2 Å². The van der Waals surface area contributed by atoms with Gasteiger partial charge in [0.2, 0.25) is 0 Å². The van der Waals surface area contributed by atoms with Crippen molar-refractivity contribution >= 4 is 0 Å². The smallest absolute Gasteiger partial charge is 0.382 e. The van der Waals surface area contributed by atoms with Gasteiger partial charge in [-0.15, -0.1) is 0 Å². The molecule has 2 unspecified atom stereocenters. The van der Waals surface area contributed by atoms with Gasteiger partial charge in [-0.25, -0.2) is 0 Å². The SMILES string of the molecule is OC(CN(CC1CCCCN1)C1CC1)C(F)(F)F. The van der Waals surface area contributed by atoms with Crippen LogP contribution >= 0.6 is 0 Å². The third kappa shape index (κ3) is 4.10. The minimum Gasteiger partial charge on any atom is -0.382 e. The molecule has 1 heterocycles. The van der Waals surface area contributed by atoms with Crippen molar-refractivity contribution in [1.82, 2.24) is 10.2 Å². The Balaban J connectivity index is 1.83. The quantitative estimate of drug-likeness (QED) is 0.792. The molecule has 1 saturated heterocycles. The summed E-state index contributed by atoms with van der Waals surface area (Å²) in [7, 11) is 0. The first kappa shape index (κ1) is 14.1. The molecule has 2 rings (SSSR count). The standard InChI is InChI=1S/C12H21F3N2O/c13-12(14,15)11(18)8-17(10-4-5-10)7-9-3-1-2-6-16-9/h9-11,16,18H,1-8H2. The number of nitrogens with one attached hydrogen (secondary N) is 1. The molecule has 2 atom stereocenters. The van der Waals surface area contributed by atoms with E-state index in [-0.39, 0.29) is 18.6 Å². The van der Waals surface area contributed by atoms with E-state index in [0.717, 1.165) is 38.6 Å². The van der Waals surface area contributed by atoms with Crippen molar-refractivity contribution in [1.29, 1.82) is 0 Å². The Morgan fingerprint density at radius 3 is 2.44 bits per heavy atom. The molecule has 3 nitrogen and oxygen atoms in total. The topological polar surface area (TPSA) is 35.5 Å². The summed E-state index contributed by atoms with van der Waals surface area (Å²) in [4.78, 5) is 1.81. The van der Waals surface area contributed by atoms with E-state index in [0.29, 0.717) is 6.54 Å². The molecule has 0 aromatic rings. The van der Waals surface area contributed by atoms with Gasteiger partial charge < -0.3 is 10.4 Å². The average Bonchev–Trinajstić information content (AvgIpc) is 3.12. The van der Waals surface area contributed by atoms with Crippen LogP contribution in [0.15, 0.2) is 0 Å². The Bertz CT molecular complexity index is 263. The molecular weight excluding hydrogens is 245 g/mol. The minimum atomic E-state index is -4.51. The highest BCUT2D eigenvalue weighted by Gasteiger charge is 2.42. The molecule has 0 aromatic carbocycles. The number of hydrogen-bond donors (Lipinski definition) is 2. The van der Waals surface area contributed by atoms with Crippen LogP contribution in [0.2, 0.25) is 0 Å². The van der Waals surface area contributed by atoms with E-state index in [1.807, 2.05) is 0 Å². The van der Waals surface area contributed by atoms with Crippen molar-refractivity contribution in [3.63, 3.8) is 0 Å². The molecular formula is C12H21F3N2O. The monoisotopic (exact) mass is 266 g/mol. The lowest BCUT2D eigenvalue weighted by Crippen LogP contribution is -2.48. The number of aliphatic hydroxyl groups is 1. The van der Waals surface area contributed by atoms with Crippen LogP contribution in [-0.4, -0.2) is 54.0 Å². The highest BCUT2D eigenvalue weighted by molar-refractivity contribution is 4.89. The van der Waals surface area contributed by atoms with Crippen LogP contribution in [0.3, 0.4) is 0 Å². The number of aliphatic hydroxyl groups excluding tert-OH is 1. The maximum Gasteiger partial charge on any atom is 0.415 e. The third-order valence-corrected chi connectivity index (χ3v) is 3.72. The first-order valence-corrected chi connectivity index (χ1v) is 6.69. The van der Waals surface area contributed by atoms with E-state index in [1.54, 1.807) is 4.90 Å². The van der Waals surface area contributed by atoms with Gasteiger partial charge in [-0.3, -0.25) is 4.90 Å². The first-order chi connectivity index (χ1) is 8.47. The maximum atomic E-state index is 12.4. The molecule has 0 bridgehead atoms. The lowest BCUT2D eigenvalue weighted by molar-refractivity contribution is -0.208. The van der Waals surface area contributed by atoms with Crippen molar-refractivity contribution in [2.75, 3.05) is 19.6 Å². The predicted molar refractivity (Wildman–Crippen MR) is 62.3 cm³/mol. The van der Waals surface area contributed by atoms with E-state index >= 15 is 0 Å². The van der Waals surface area contributed by atoms with Crippen LogP contribution in [-0.2, 0) is 0 Å². The Morgan fingerprint density at radius 2 is 1.94 bits per heavy atom. The van der Waals surface area contributed by atoms with Gasteiger partial charge >= 0.3 is 6.18 Å². The Labute approximate surface area is 105 Å². The van der Waals surface area contributed by atoms with Crippen LogP contribution in [0.4, 0.5) is 13.2 Å². The Hall–Kier alpha value is -0.330. The number of hydrogen-bond acceptors (Lipinski definition) is 3. The summed E-state index contributed by atoms with van der Waals surface area (Å²) in [6, 6.07) is 0.519. The zero-order chi connectivity index (χ0) is 13.2. The molecule has 2 N–H and O–H groups in total. The van der Waals surface area contributed by atoms with E-state index < -0.39 is 12.3 Å². The highest BCUT2D eigenvalue weighted by atomic mass is 19.4. The fraction of sp³-hybridized carbons (Fsp3) is 1.00. The second-order valence-electron chi connectivity index (χ2n) is 5.39. The largest absolute Gasteiger partial charge is 0.415 e. The van der Waals surface area contributed by atoms with Crippen LogP contribution in [0.5, 0.6) is 0 Å². The number of nitrogens with zero attached hydrogens (tertiary/aromatic N) is 1. The van der Waals surface area contributed by atoms with E-state index in [4.69, 9.17) is 0 Å². The zero-order valence-corrected chi connectivity index (χ0v) is 10.4. The van der Waals surface area contributed by atoms with E-state index in [1.165, 1.54) is 0 Å². The summed E-state index contributed by atoms with van der Waals surface area (Å²) in [6.45, 7) is 1.29. The summed E-state index contributed by atoms with van der Waals surface area (Å²) in [5.74, 6) is 0. The van der Waals surface area contributed by atoms with E-state index in [2.05, 4.69) is 5.32 Å². The van der Waals surface area contributed by atoms with Gasteiger partial charge in [0, 0.05) is 25.2 Å². The van der Waals surface area contributed by atoms with Gasteiger partial charge in [0.25, 0.3) is 0 Å². The van der Waals surface area contributed by atoms with E-state index in [9.17, 15) is 18.3 Å². The summed E-state index contributed by atoms with van der Waals surface area (Å²) in [5.41, 5.74) is 0. The third-order valence-electron chi connectivity index (χ3n) is 3.72. The van der Waals surface area contributed by atoms with Crippen molar-refractivity contribution in [2.24, 2.45) is 0 Å². The molecule has 1 saturated carbocycles. The van der Waals surface area contributed by atoms with Crippen LogP contribution < -0.4 is 5.32 Å². The summed E-state index contributed by atoms with van der Waals surface area (Å²) in [6.07, 6.45) is -1.52. The number of halogens is 3. The van der Waals surface area contributed by atoms with Crippen molar-refractivity contribution in [2.45, 2.75) is 56.5 Å². The molecule has 1 aliphatic carbocycles. The molecule has 106 valence electrons. The highest BCUT2D eigenvalue weighted by Crippen LogP contribution is 2.30. The second-order valence-corrected chi connectivity index (χ2v) is 5.39. The molecule has 18 heavy (non-hydrogen) atoms. The molecule has 0 spiro atoms. The summed E-state index contributed by atoms with van der Waals surface area (Å²) < 4.78 is 37.1. The number of piperidine rings is 1. The molecule has 1 aliphatic heterocycles. The van der Waals surface area contributed by atoms with Gasteiger partial charge in [-0.1, -0.05) is 6.42 Å². The minimum absolute atomic E-state index is 0.241. The fourth-order valence-electron chi connectivity index (χ4n) is 2.50. The van der Waals surface area contributed by atoms with Crippen molar-refractivity contribution in [3.05, 3.63) is 0 Å². The van der Waals surface area contributed by atoms with Gasteiger partial charge in [0.1, 0.15) is 0 Å². The second kappa shape index (κ2) is 5.75. The van der Waals surface area contributed by atoms with Gasteiger partial charge in [0.15, 0.2) is 6.10 Å². The van der Waals surface area contributed by atoms with Crippen molar-refractivity contribution < 1.29 is 18.3 Å².